The van der Waals surface area contributed by atoms with Crippen LogP contribution in [-0.4, -0.2) is 63.4 Å². The smallest absolute Gasteiger partial charge is 0.354 e. The van der Waals surface area contributed by atoms with Crippen LogP contribution >= 0.6 is 0 Å². The van der Waals surface area contributed by atoms with Crippen molar-refractivity contribution in [1.82, 2.24) is 14.8 Å². The van der Waals surface area contributed by atoms with Crippen molar-refractivity contribution in [2.24, 2.45) is 0 Å². The number of pyridine rings is 1. The number of aromatic nitrogens is 3. The molecule has 2 N–H and O–H groups in total. The quantitative estimate of drug-likeness (QED) is 0.583. The lowest BCUT2D eigenvalue weighted by Gasteiger charge is -2.29. The fourth-order valence-corrected chi connectivity index (χ4v) is 5.19. The average Bonchev–Trinajstić information content (AvgIpc) is 3.24. The first-order valence-corrected chi connectivity index (χ1v) is 12.2. The Bertz CT molecular complexity index is 1180. The summed E-state index contributed by atoms with van der Waals surface area (Å²) in [6, 6.07) is 9.96. The van der Waals surface area contributed by atoms with Crippen LogP contribution in [0.15, 0.2) is 30.3 Å². The standard InChI is InChI=1S/C26H32N4O4/c1-16(2)24-23-21(17-6-8-18(9-7-17)29-10-12-34-13-11-29)15-22(26(32)33)27-25(23)30(28-24)19-4-3-5-20(31)14-19/h6-9,15-16,19-20,31H,3-5,10-14H2,1-2H3,(H,32,33)/t19-,20+/m1/s1. The summed E-state index contributed by atoms with van der Waals surface area (Å²) in [5, 5.41) is 26.0. The van der Waals surface area contributed by atoms with E-state index in [1.54, 1.807) is 6.07 Å². The zero-order chi connectivity index (χ0) is 23.8. The Labute approximate surface area is 199 Å². The monoisotopic (exact) mass is 464 g/mol. The van der Waals surface area contributed by atoms with Gasteiger partial charge in [-0.2, -0.15) is 5.10 Å². The van der Waals surface area contributed by atoms with Gasteiger partial charge in [-0.15, -0.1) is 0 Å². The van der Waals surface area contributed by atoms with Crippen LogP contribution < -0.4 is 4.90 Å². The highest BCUT2D eigenvalue weighted by Gasteiger charge is 2.28. The highest BCUT2D eigenvalue weighted by atomic mass is 16.5. The first kappa shape index (κ1) is 22.8. The van der Waals surface area contributed by atoms with Gasteiger partial charge >= 0.3 is 5.97 Å². The first-order valence-electron chi connectivity index (χ1n) is 12.2. The van der Waals surface area contributed by atoms with E-state index in [2.05, 4.69) is 48.0 Å². The molecular formula is C26H32N4O4. The van der Waals surface area contributed by atoms with Crippen molar-refractivity contribution >= 4 is 22.7 Å². The molecule has 0 radical (unpaired) electrons. The van der Waals surface area contributed by atoms with Gasteiger partial charge < -0.3 is 19.8 Å². The molecule has 3 heterocycles. The minimum Gasteiger partial charge on any atom is -0.477 e. The van der Waals surface area contributed by atoms with E-state index in [0.29, 0.717) is 12.1 Å². The van der Waals surface area contributed by atoms with E-state index < -0.39 is 5.97 Å². The van der Waals surface area contributed by atoms with Gasteiger partial charge in [-0.3, -0.25) is 0 Å². The normalized spacial score (nSPS) is 21.4. The number of ether oxygens (including phenoxy) is 1. The lowest BCUT2D eigenvalue weighted by Crippen LogP contribution is -2.36. The minimum absolute atomic E-state index is 0.00633. The SMILES string of the molecule is CC(C)c1nn([C@@H]2CCC[C@H](O)C2)c2nc(C(=O)O)cc(-c3ccc(N4CCOCC4)cc3)c12. The molecule has 0 spiro atoms. The highest BCUT2D eigenvalue weighted by molar-refractivity contribution is 6.00. The lowest BCUT2D eigenvalue weighted by atomic mass is 9.93. The van der Waals surface area contributed by atoms with Gasteiger partial charge in [0.05, 0.1) is 36.4 Å². The summed E-state index contributed by atoms with van der Waals surface area (Å²) >= 11 is 0. The molecule has 2 fully saturated rings. The molecule has 5 rings (SSSR count). The van der Waals surface area contributed by atoms with Crippen molar-refractivity contribution in [3.8, 4) is 11.1 Å². The average molecular weight is 465 g/mol. The number of morpholine rings is 1. The molecule has 8 nitrogen and oxygen atoms in total. The molecule has 1 aromatic carbocycles. The predicted molar refractivity (Wildman–Crippen MR) is 131 cm³/mol. The van der Waals surface area contributed by atoms with Crippen molar-refractivity contribution in [3.63, 3.8) is 0 Å². The van der Waals surface area contributed by atoms with E-state index >= 15 is 0 Å². The van der Waals surface area contributed by atoms with Crippen LogP contribution in [0.25, 0.3) is 22.2 Å². The molecule has 2 aromatic heterocycles. The van der Waals surface area contributed by atoms with E-state index in [0.717, 1.165) is 73.5 Å². The number of rotatable bonds is 5. The molecule has 180 valence electrons. The number of fused-ring (bicyclic) bond motifs is 1. The second-order valence-corrected chi connectivity index (χ2v) is 9.66. The molecule has 2 aliphatic rings. The maximum absolute atomic E-state index is 12.0. The zero-order valence-electron chi connectivity index (χ0n) is 19.8. The molecular weight excluding hydrogens is 432 g/mol. The number of hydrogen-bond donors (Lipinski definition) is 2. The third-order valence-electron chi connectivity index (χ3n) is 6.97. The van der Waals surface area contributed by atoms with Crippen molar-refractivity contribution in [1.29, 1.82) is 0 Å². The van der Waals surface area contributed by atoms with Gasteiger partial charge in [0, 0.05) is 18.8 Å². The minimum atomic E-state index is -1.06. The largest absolute Gasteiger partial charge is 0.477 e. The van der Waals surface area contributed by atoms with Gasteiger partial charge in [0.2, 0.25) is 0 Å². The molecule has 0 amide bonds. The highest BCUT2D eigenvalue weighted by Crippen LogP contribution is 2.38. The predicted octanol–water partition coefficient (Wildman–Crippen LogP) is 4.23. The number of carbonyl (C=O) groups is 1. The number of nitrogens with zero attached hydrogens (tertiary/aromatic N) is 4. The van der Waals surface area contributed by atoms with E-state index in [1.807, 2.05) is 4.68 Å². The van der Waals surface area contributed by atoms with Crippen molar-refractivity contribution in [2.45, 2.75) is 57.6 Å². The number of carboxylic acids is 1. The van der Waals surface area contributed by atoms with Crippen LogP contribution in [-0.2, 0) is 4.74 Å². The summed E-state index contributed by atoms with van der Waals surface area (Å²) in [5.41, 5.74) is 4.42. The van der Waals surface area contributed by atoms with Crippen LogP contribution in [0.1, 0.15) is 67.7 Å². The van der Waals surface area contributed by atoms with Gasteiger partial charge in [-0.05, 0) is 60.9 Å². The van der Waals surface area contributed by atoms with Gasteiger partial charge in [0.15, 0.2) is 11.3 Å². The number of anilines is 1. The molecule has 0 unspecified atom stereocenters. The van der Waals surface area contributed by atoms with Gasteiger partial charge in [-0.1, -0.05) is 26.0 Å². The topological polar surface area (TPSA) is 101 Å². The maximum Gasteiger partial charge on any atom is 0.354 e. The molecule has 1 saturated heterocycles. The molecule has 1 aliphatic carbocycles. The van der Waals surface area contributed by atoms with Crippen LogP contribution in [0.5, 0.6) is 0 Å². The van der Waals surface area contributed by atoms with E-state index in [-0.39, 0.29) is 23.8 Å². The van der Waals surface area contributed by atoms with E-state index in [9.17, 15) is 15.0 Å². The van der Waals surface area contributed by atoms with Crippen LogP contribution in [0, 0.1) is 0 Å². The molecule has 3 aromatic rings. The van der Waals surface area contributed by atoms with Crippen molar-refractivity contribution in [2.75, 3.05) is 31.2 Å². The third-order valence-corrected chi connectivity index (χ3v) is 6.97. The summed E-state index contributed by atoms with van der Waals surface area (Å²) in [4.78, 5) is 18.9. The molecule has 34 heavy (non-hydrogen) atoms. The molecule has 0 bridgehead atoms. The number of aliphatic hydroxyl groups is 1. The first-order chi connectivity index (χ1) is 16.4. The second-order valence-electron chi connectivity index (χ2n) is 9.66. The molecule has 8 heteroatoms. The number of carboxylic acid groups (broad SMARTS) is 1. The second kappa shape index (κ2) is 9.35. The summed E-state index contributed by atoms with van der Waals surface area (Å²) in [6.07, 6.45) is 2.85. The number of hydrogen-bond acceptors (Lipinski definition) is 6. The lowest BCUT2D eigenvalue weighted by molar-refractivity contribution is 0.0690. The third kappa shape index (κ3) is 4.28. The number of benzene rings is 1. The van der Waals surface area contributed by atoms with Gasteiger partial charge in [0.25, 0.3) is 0 Å². The Morgan fingerprint density at radius 1 is 1.15 bits per heavy atom. The fourth-order valence-electron chi connectivity index (χ4n) is 5.19. The summed E-state index contributed by atoms with van der Waals surface area (Å²) < 4.78 is 7.34. The molecule has 1 saturated carbocycles. The Balaban J connectivity index is 1.65. The van der Waals surface area contributed by atoms with E-state index in [1.165, 1.54) is 0 Å². The van der Waals surface area contributed by atoms with E-state index in [4.69, 9.17) is 9.84 Å². The van der Waals surface area contributed by atoms with Crippen LogP contribution in [0.2, 0.25) is 0 Å². The fraction of sp³-hybridized carbons (Fsp3) is 0.500. The number of aromatic carboxylic acids is 1. The van der Waals surface area contributed by atoms with Crippen LogP contribution in [0.4, 0.5) is 5.69 Å². The van der Waals surface area contributed by atoms with Gasteiger partial charge in [0.1, 0.15) is 0 Å². The van der Waals surface area contributed by atoms with Crippen molar-refractivity contribution in [3.05, 3.63) is 41.7 Å². The number of aliphatic hydroxyl groups excluding tert-OH is 1. The van der Waals surface area contributed by atoms with Crippen molar-refractivity contribution < 1.29 is 19.7 Å². The molecule has 1 aliphatic heterocycles. The van der Waals surface area contributed by atoms with Gasteiger partial charge in [-0.25, -0.2) is 14.5 Å². The molecule has 2 atom stereocenters. The Hall–Kier alpha value is -2.97. The summed E-state index contributed by atoms with van der Waals surface area (Å²) in [5.74, 6) is -0.920. The van der Waals surface area contributed by atoms with Crippen LogP contribution in [0.3, 0.4) is 0 Å². The maximum atomic E-state index is 12.0. The Kier molecular flexibility index (Phi) is 6.27. The summed E-state index contributed by atoms with van der Waals surface area (Å²) in [6.45, 7) is 7.36. The zero-order valence-corrected chi connectivity index (χ0v) is 19.8. The Morgan fingerprint density at radius 2 is 1.88 bits per heavy atom. The Morgan fingerprint density at radius 3 is 2.53 bits per heavy atom. The summed E-state index contributed by atoms with van der Waals surface area (Å²) in [7, 11) is 0.